The van der Waals surface area contributed by atoms with Crippen LogP contribution in [0.4, 0.5) is 0 Å². The quantitative estimate of drug-likeness (QED) is 0.638. The van der Waals surface area contributed by atoms with Crippen molar-refractivity contribution in [2.45, 2.75) is 32.2 Å². The van der Waals surface area contributed by atoms with Crippen LogP contribution in [0.3, 0.4) is 0 Å². The van der Waals surface area contributed by atoms with Crippen LogP contribution in [0.5, 0.6) is 5.88 Å². The fraction of sp³-hybridized carbons (Fsp3) is 0.333. The summed E-state index contributed by atoms with van der Waals surface area (Å²) in [6, 6.07) is 7.02. The number of methoxy groups -OCH3 is 1. The molecule has 8 nitrogen and oxygen atoms in total. The molecule has 0 spiro atoms. The first-order valence-corrected chi connectivity index (χ1v) is 9.41. The Hall–Kier alpha value is -3.42. The van der Waals surface area contributed by atoms with E-state index in [4.69, 9.17) is 9.26 Å². The van der Waals surface area contributed by atoms with Crippen LogP contribution < -0.4 is 10.3 Å². The summed E-state index contributed by atoms with van der Waals surface area (Å²) in [6.07, 6.45) is 5.40. The first-order valence-electron chi connectivity index (χ1n) is 9.41. The van der Waals surface area contributed by atoms with Crippen LogP contribution in [-0.2, 0) is 6.54 Å². The van der Waals surface area contributed by atoms with Gasteiger partial charge in [0.1, 0.15) is 17.0 Å². The lowest BCUT2D eigenvalue weighted by Crippen LogP contribution is -2.34. The molecule has 0 unspecified atom stereocenters. The van der Waals surface area contributed by atoms with Crippen molar-refractivity contribution in [2.24, 2.45) is 0 Å². The van der Waals surface area contributed by atoms with Gasteiger partial charge in [-0.05, 0) is 37.5 Å². The van der Waals surface area contributed by atoms with E-state index in [1.165, 1.54) is 22.8 Å². The van der Waals surface area contributed by atoms with Crippen molar-refractivity contribution >= 4 is 5.91 Å². The number of hydrogen-bond acceptors (Lipinski definition) is 6. The van der Waals surface area contributed by atoms with E-state index < -0.39 is 5.56 Å². The molecule has 3 aromatic rings. The molecule has 1 aliphatic carbocycles. The van der Waals surface area contributed by atoms with E-state index in [1.54, 1.807) is 38.4 Å². The van der Waals surface area contributed by atoms with Crippen molar-refractivity contribution in [3.05, 3.63) is 69.6 Å². The van der Waals surface area contributed by atoms with Gasteiger partial charge in [-0.15, -0.1) is 0 Å². The molecule has 150 valence electrons. The predicted molar refractivity (Wildman–Crippen MR) is 105 cm³/mol. The largest absolute Gasteiger partial charge is 0.481 e. The van der Waals surface area contributed by atoms with Gasteiger partial charge in [0, 0.05) is 31.3 Å². The van der Waals surface area contributed by atoms with Crippen LogP contribution in [0, 0.1) is 6.92 Å². The van der Waals surface area contributed by atoms with Gasteiger partial charge in [0.05, 0.1) is 25.5 Å². The Morgan fingerprint density at radius 3 is 2.79 bits per heavy atom. The summed E-state index contributed by atoms with van der Waals surface area (Å²) in [5.41, 5.74) is 1.57. The molecule has 0 bridgehead atoms. The minimum absolute atomic E-state index is 0.122. The zero-order chi connectivity index (χ0) is 20.5. The van der Waals surface area contributed by atoms with Gasteiger partial charge in [-0.1, -0.05) is 5.16 Å². The maximum Gasteiger partial charge on any atom is 0.268 e. The summed E-state index contributed by atoms with van der Waals surface area (Å²) >= 11 is 0. The summed E-state index contributed by atoms with van der Waals surface area (Å²) in [6.45, 7) is 2.02. The van der Waals surface area contributed by atoms with E-state index in [1.807, 2.05) is 6.07 Å². The molecule has 0 aliphatic heterocycles. The third-order valence-electron chi connectivity index (χ3n) is 5.03. The molecule has 0 N–H and O–H groups in total. The van der Waals surface area contributed by atoms with Crippen LogP contribution in [0.25, 0.3) is 5.69 Å². The minimum atomic E-state index is -0.396. The molecule has 1 aliphatic rings. The molecule has 1 fully saturated rings. The highest BCUT2D eigenvalue weighted by molar-refractivity contribution is 5.95. The zero-order valence-corrected chi connectivity index (χ0v) is 16.6. The van der Waals surface area contributed by atoms with Crippen molar-refractivity contribution in [1.82, 2.24) is 19.6 Å². The first kappa shape index (κ1) is 18.9. The Bertz CT molecular complexity index is 1100. The Morgan fingerprint density at radius 1 is 1.34 bits per heavy atom. The minimum Gasteiger partial charge on any atom is -0.481 e. The van der Waals surface area contributed by atoms with E-state index in [-0.39, 0.29) is 18.0 Å². The van der Waals surface area contributed by atoms with Crippen molar-refractivity contribution in [3.8, 4) is 11.6 Å². The van der Waals surface area contributed by atoms with Gasteiger partial charge in [-0.25, -0.2) is 4.98 Å². The highest BCUT2D eigenvalue weighted by Crippen LogP contribution is 2.40. The van der Waals surface area contributed by atoms with Crippen molar-refractivity contribution < 1.29 is 14.1 Å². The fourth-order valence-electron chi connectivity index (χ4n) is 3.19. The summed E-state index contributed by atoms with van der Waals surface area (Å²) in [4.78, 5) is 31.7. The number of pyridine rings is 2. The van der Waals surface area contributed by atoms with Gasteiger partial charge in [0.25, 0.3) is 11.5 Å². The van der Waals surface area contributed by atoms with Crippen LogP contribution in [0.2, 0.25) is 0 Å². The molecule has 8 heteroatoms. The van der Waals surface area contributed by atoms with E-state index in [9.17, 15) is 9.59 Å². The third-order valence-corrected chi connectivity index (χ3v) is 5.03. The third kappa shape index (κ3) is 3.78. The number of amides is 1. The van der Waals surface area contributed by atoms with Crippen LogP contribution in [0.15, 0.2) is 46.0 Å². The number of nitrogens with zero attached hydrogens (tertiary/aromatic N) is 4. The van der Waals surface area contributed by atoms with Gasteiger partial charge in [-0.2, -0.15) is 0 Å². The lowest BCUT2D eigenvalue weighted by molar-refractivity contribution is 0.0779. The SMILES string of the molecule is COc1ccc(-n2ccc(C)c(C(=O)N(C)Cc3cc(C4CC4)on3)c2=O)cn1. The fourth-order valence-corrected chi connectivity index (χ4v) is 3.19. The second kappa shape index (κ2) is 7.54. The Balaban J connectivity index is 1.60. The van der Waals surface area contributed by atoms with E-state index in [0.29, 0.717) is 28.7 Å². The number of rotatable bonds is 6. The molecule has 4 rings (SSSR count). The van der Waals surface area contributed by atoms with Crippen molar-refractivity contribution in [2.75, 3.05) is 14.2 Å². The van der Waals surface area contributed by atoms with E-state index in [2.05, 4.69) is 10.1 Å². The molecular weight excluding hydrogens is 372 g/mol. The van der Waals surface area contributed by atoms with Crippen LogP contribution >= 0.6 is 0 Å². The average molecular weight is 394 g/mol. The monoisotopic (exact) mass is 394 g/mol. The molecule has 3 aromatic heterocycles. The summed E-state index contributed by atoms with van der Waals surface area (Å²) in [5, 5.41) is 4.05. The normalized spacial score (nSPS) is 13.3. The lowest BCUT2D eigenvalue weighted by Gasteiger charge is -2.17. The number of carbonyl (C=O) groups excluding carboxylic acids is 1. The molecular formula is C21H22N4O4. The first-order chi connectivity index (χ1) is 14.0. The highest BCUT2D eigenvalue weighted by Gasteiger charge is 2.28. The topological polar surface area (TPSA) is 90.5 Å². The van der Waals surface area contributed by atoms with Crippen LogP contribution in [-0.4, -0.2) is 39.7 Å². The van der Waals surface area contributed by atoms with Gasteiger partial charge >= 0.3 is 0 Å². The van der Waals surface area contributed by atoms with Gasteiger partial charge in [0.2, 0.25) is 5.88 Å². The molecule has 1 saturated carbocycles. The zero-order valence-electron chi connectivity index (χ0n) is 16.6. The summed E-state index contributed by atoms with van der Waals surface area (Å²) in [5.74, 6) is 1.41. The maximum absolute atomic E-state index is 13.1. The van der Waals surface area contributed by atoms with Gasteiger partial charge in [0.15, 0.2) is 0 Å². The van der Waals surface area contributed by atoms with Gasteiger partial charge in [-0.3, -0.25) is 14.2 Å². The molecule has 0 aromatic carbocycles. The average Bonchev–Trinajstić information content (AvgIpc) is 3.47. The summed E-state index contributed by atoms with van der Waals surface area (Å²) < 4.78 is 11.8. The Morgan fingerprint density at radius 2 is 2.14 bits per heavy atom. The predicted octanol–water partition coefficient (Wildman–Crippen LogP) is 2.69. The molecule has 3 heterocycles. The molecule has 1 amide bonds. The second-order valence-corrected chi connectivity index (χ2v) is 7.26. The smallest absolute Gasteiger partial charge is 0.268 e. The molecule has 0 atom stereocenters. The number of aryl methyl sites for hydroxylation is 1. The number of aromatic nitrogens is 3. The molecule has 29 heavy (non-hydrogen) atoms. The standard InChI is InChI=1S/C21H22N4O4/c1-13-8-9-25(16-6-7-18(28-3)22-11-16)21(27)19(13)20(26)24(2)12-15-10-17(29-23-15)14-4-5-14/h6-11,14H,4-5,12H2,1-3H3. The Kier molecular flexibility index (Phi) is 4.92. The van der Waals surface area contributed by atoms with Crippen LogP contribution in [0.1, 0.15) is 46.1 Å². The number of hydrogen-bond donors (Lipinski definition) is 0. The van der Waals surface area contributed by atoms with Crippen molar-refractivity contribution in [3.63, 3.8) is 0 Å². The van der Waals surface area contributed by atoms with Gasteiger partial charge < -0.3 is 14.2 Å². The maximum atomic E-state index is 13.1. The van der Waals surface area contributed by atoms with Crippen molar-refractivity contribution in [1.29, 1.82) is 0 Å². The Labute approximate surface area is 167 Å². The number of carbonyl (C=O) groups is 1. The molecule has 0 radical (unpaired) electrons. The second-order valence-electron chi connectivity index (χ2n) is 7.26. The lowest BCUT2D eigenvalue weighted by atomic mass is 10.1. The highest BCUT2D eigenvalue weighted by atomic mass is 16.5. The number of ether oxygens (including phenoxy) is 1. The summed E-state index contributed by atoms with van der Waals surface area (Å²) in [7, 11) is 3.17. The van der Waals surface area contributed by atoms with E-state index >= 15 is 0 Å². The molecule has 0 saturated heterocycles. The van der Waals surface area contributed by atoms with E-state index in [0.717, 1.165) is 18.6 Å².